The second-order valence-electron chi connectivity index (χ2n) is 3.86. The van der Waals surface area contributed by atoms with Gasteiger partial charge in [-0.3, -0.25) is 6.08 Å². The quantitative estimate of drug-likeness (QED) is 0.671. The van der Waals surface area contributed by atoms with Crippen molar-refractivity contribution in [2.24, 2.45) is 5.92 Å². The van der Waals surface area contributed by atoms with Crippen molar-refractivity contribution in [3.63, 3.8) is 0 Å². The van der Waals surface area contributed by atoms with Crippen LogP contribution in [0.25, 0.3) is 0 Å². The molecular formula is C15H31O3Zr-. The number of hydrogen-bond donors (Lipinski definition) is 3. The van der Waals surface area contributed by atoms with E-state index in [0.29, 0.717) is 0 Å². The van der Waals surface area contributed by atoms with Gasteiger partial charge in [-0.2, -0.15) is 6.08 Å². The van der Waals surface area contributed by atoms with E-state index in [0.717, 1.165) is 12.3 Å². The first-order valence-corrected chi connectivity index (χ1v) is 6.62. The zero-order valence-electron chi connectivity index (χ0n) is 13.1. The number of allylic oxidation sites excluding steroid dienone is 4. The molecular weight excluding hydrogens is 319 g/mol. The van der Waals surface area contributed by atoms with Crippen LogP contribution >= 0.6 is 0 Å². The molecule has 0 fully saturated rings. The van der Waals surface area contributed by atoms with Crippen molar-refractivity contribution in [1.29, 1.82) is 0 Å². The van der Waals surface area contributed by atoms with Crippen LogP contribution in [0.4, 0.5) is 0 Å². The molecule has 0 amide bonds. The van der Waals surface area contributed by atoms with Crippen molar-refractivity contribution in [3.8, 4) is 0 Å². The largest absolute Gasteiger partial charge is 0.397 e. The normalized spacial score (nSPS) is 10.9. The molecule has 114 valence electrons. The van der Waals surface area contributed by atoms with Crippen molar-refractivity contribution in [3.05, 3.63) is 23.8 Å². The van der Waals surface area contributed by atoms with Gasteiger partial charge < -0.3 is 15.3 Å². The minimum atomic E-state index is 0. The van der Waals surface area contributed by atoms with Crippen LogP contribution in [-0.2, 0) is 26.2 Å². The number of aliphatic hydroxyl groups excluding tert-OH is 3. The Morgan fingerprint density at radius 2 is 1.42 bits per heavy atom. The van der Waals surface area contributed by atoms with Crippen molar-refractivity contribution < 1.29 is 41.5 Å². The Balaban J connectivity index is -0.0000000956. The fraction of sp³-hybridized carbons (Fsp3) is 0.733. The average molecular weight is 351 g/mol. The molecule has 19 heavy (non-hydrogen) atoms. The first kappa shape index (κ1) is 27.6. The fourth-order valence-corrected chi connectivity index (χ4v) is 1.03. The summed E-state index contributed by atoms with van der Waals surface area (Å²) in [5, 5.41) is 22.7. The van der Waals surface area contributed by atoms with E-state index in [1.54, 1.807) is 20.8 Å². The molecule has 0 saturated carbocycles. The van der Waals surface area contributed by atoms with Gasteiger partial charge in [-0.15, -0.1) is 6.42 Å². The minimum absolute atomic E-state index is 0. The van der Waals surface area contributed by atoms with Gasteiger partial charge in [-0.25, -0.2) is 11.6 Å². The van der Waals surface area contributed by atoms with Crippen LogP contribution in [0.15, 0.2) is 17.7 Å². The van der Waals surface area contributed by atoms with E-state index in [4.69, 9.17) is 15.3 Å². The average Bonchev–Trinajstić information content (AvgIpc) is 2.73. The van der Waals surface area contributed by atoms with Crippen molar-refractivity contribution in [1.82, 2.24) is 0 Å². The van der Waals surface area contributed by atoms with Crippen LogP contribution in [0.1, 0.15) is 47.5 Å². The smallest absolute Gasteiger partial charge is 0.0402 e. The van der Waals surface area contributed by atoms with Gasteiger partial charge in [-0.05, 0) is 26.7 Å². The third-order valence-corrected chi connectivity index (χ3v) is 1.39. The molecule has 1 aliphatic rings. The Labute approximate surface area is 138 Å². The first-order chi connectivity index (χ1) is 8.53. The molecule has 0 atom stereocenters. The summed E-state index contributed by atoms with van der Waals surface area (Å²) in [7, 11) is 0. The Morgan fingerprint density at radius 1 is 1.05 bits per heavy atom. The van der Waals surface area contributed by atoms with E-state index < -0.39 is 0 Å². The third kappa shape index (κ3) is 38.1. The van der Waals surface area contributed by atoms with E-state index in [1.165, 1.54) is 12.0 Å². The Kier molecular flexibility index (Phi) is 38.8. The molecule has 4 heteroatoms. The predicted molar refractivity (Wildman–Crippen MR) is 78.2 cm³/mol. The van der Waals surface area contributed by atoms with Gasteiger partial charge in [0.15, 0.2) is 0 Å². The van der Waals surface area contributed by atoms with Crippen LogP contribution < -0.4 is 0 Å². The van der Waals surface area contributed by atoms with Crippen LogP contribution in [-0.4, -0.2) is 35.1 Å². The Morgan fingerprint density at radius 3 is 1.63 bits per heavy atom. The van der Waals surface area contributed by atoms with E-state index in [9.17, 15) is 0 Å². The van der Waals surface area contributed by atoms with Crippen LogP contribution in [0.2, 0.25) is 0 Å². The maximum atomic E-state index is 7.57. The van der Waals surface area contributed by atoms with Gasteiger partial charge >= 0.3 is 0 Å². The molecule has 0 spiro atoms. The maximum absolute atomic E-state index is 7.57. The molecule has 3 N–H and O–H groups in total. The Bertz CT molecular complexity index is 185. The van der Waals surface area contributed by atoms with Crippen molar-refractivity contribution >= 4 is 0 Å². The van der Waals surface area contributed by atoms with E-state index in [2.05, 4.69) is 32.1 Å². The zero-order chi connectivity index (χ0) is 14.8. The second-order valence-corrected chi connectivity index (χ2v) is 3.86. The van der Waals surface area contributed by atoms with Gasteiger partial charge in [0.05, 0.1) is 0 Å². The summed E-state index contributed by atoms with van der Waals surface area (Å²) in [5.41, 5.74) is 1.39. The van der Waals surface area contributed by atoms with Gasteiger partial charge in [0.1, 0.15) is 0 Å². The number of rotatable bonds is 2. The van der Waals surface area contributed by atoms with Gasteiger partial charge in [0, 0.05) is 46.0 Å². The van der Waals surface area contributed by atoms with Gasteiger partial charge in [0.2, 0.25) is 0 Å². The molecule has 0 bridgehead atoms. The summed E-state index contributed by atoms with van der Waals surface area (Å²) in [6, 6.07) is 0. The summed E-state index contributed by atoms with van der Waals surface area (Å²) >= 11 is 0. The topological polar surface area (TPSA) is 60.7 Å². The first-order valence-electron chi connectivity index (χ1n) is 6.62. The number of hydrogen-bond acceptors (Lipinski definition) is 3. The molecule has 0 aromatic rings. The second kappa shape index (κ2) is 26.7. The third-order valence-electron chi connectivity index (χ3n) is 1.39. The molecule has 0 heterocycles. The molecule has 3 nitrogen and oxygen atoms in total. The molecule has 0 aromatic carbocycles. The van der Waals surface area contributed by atoms with Crippen molar-refractivity contribution in [2.45, 2.75) is 47.5 Å². The molecule has 0 radical (unpaired) electrons. The molecule has 0 aromatic heterocycles. The monoisotopic (exact) mass is 349 g/mol. The summed E-state index contributed by atoms with van der Waals surface area (Å²) in [6.45, 7) is 10.3. The molecule has 1 aliphatic carbocycles. The van der Waals surface area contributed by atoms with Gasteiger partial charge in [-0.1, -0.05) is 20.3 Å². The molecule has 0 saturated heterocycles. The summed E-state index contributed by atoms with van der Waals surface area (Å²) in [4.78, 5) is 0. The van der Waals surface area contributed by atoms with Crippen LogP contribution in [0.5, 0.6) is 0 Å². The molecule has 1 rings (SSSR count). The summed E-state index contributed by atoms with van der Waals surface area (Å²) in [6.07, 6.45) is 9.86. The zero-order valence-corrected chi connectivity index (χ0v) is 15.6. The van der Waals surface area contributed by atoms with E-state index in [-0.39, 0.29) is 46.0 Å². The SMILES string of the molecule is CC(C)CC1=[C-]CC=C1.CCO.CCO.CCO.[Zr]. The molecule has 0 aliphatic heterocycles. The summed E-state index contributed by atoms with van der Waals surface area (Å²) < 4.78 is 0. The maximum Gasteiger partial charge on any atom is 0.0402 e. The van der Waals surface area contributed by atoms with Crippen LogP contribution in [0.3, 0.4) is 0 Å². The predicted octanol–water partition coefficient (Wildman–Crippen LogP) is 2.72. The van der Waals surface area contributed by atoms with Gasteiger partial charge in [0.25, 0.3) is 0 Å². The minimum Gasteiger partial charge on any atom is -0.397 e. The van der Waals surface area contributed by atoms with E-state index in [1.807, 2.05) is 0 Å². The number of aliphatic hydroxyl groups is 3. The Hall–Kier alpha value is 0.243. The molecule has 0 unspecified atom stereocenters. The van der Waals surface area contributed by atoms with Crippen molar-refractivity contribution in [2.75, 3.05) is 19.8 Å². The fourth-order valence-electron chi connectivity index (χ4n) is 1.03. The van der Waals surface area contributed by atoms with E-state index >= 15 is 0 Å². The standard InChI is InChI=1S/C9H13.3C2H6O.Zr/c1-8(2)7-9-5-3-4-6-9;3*1-2-3;/h3,5,8H,4,7H2,1-2H3;3*3H,2H2,1H3;/q-1;;;;. The van der Waals surface area contributed by atoms with Crippen LogP contribution in [0, 0.1) is 12.0 Å². The summed E-state index contributed by atoms with van der Waals surface area (Å²) in [5.74, 6) is 0.773.